The smallest absolute Gasteiger partial charge is 0.358 e. The number of carbonyl (C=O) groups excluding carboxylic acids is 1. The van der Waals surface area contributed by atoms with Crippen LogP contribution in [0.15, 0.2) is 23.7 Å². The lowest BCUT2D eigenvalue weighted by atomic mass is 10.1. The number of fused-ring (bicyclic) bond motifs is 1. The first kappa shape index (κ1) is 12.9. The highest BCUT2D eigenvalue weighted by Gasteiger charge is 2.19. The van der Waals surface area contributed by atoms with E-state index in [2.05, 4.69) is 4.98 Å². The zero-order valence-corrected chi connectivity index (χ0v) is 11.7. The molecule has 1 aliphatic heterocycles. The molecule has 0 atom stereocenters. The topological polar surface area (TPSA) is 57.7 Å². The summed E-state index contributed by atoms with van der Waals surface area (Å²) in [5.41, 5.74) is 2.83. The summed E-state index contributed by atoms with van der Waals surface area (Å²) in [6, 6.07) is 5.63. The van der Waals surface area contributed by atoms with Crippen molar-refractivity contribution < 1.29 is 19.0 Å². The van der Waals surface area contributed by atoms with Crippen molar-refractivity contribution in [3.05, 3.63) is 29.4 Å². The number of ether oxygens (including phenoxy) is 3. The molecule has 0 aliphatic carbocycles. The Bertz CT molecular complexity index is 638. The van der Waals surface area contributed by atoms with Gasteiger partial charge in [-0.1, -0.05) is 0 Å². The number of esters is 1. The standard InChI is InChI=1S/C14H13NO4S/c1-17-14(16)12-13(20-8-15-12)9-3-4-10-11(7-9)19-6-2-5-18-10/h3-4,7-8H,2,5-6H2,1H3. The fraction of sp³-hybridized carbons (Fsp3) is 0.286. The summed E-state index contributed by atoms with van der Waals surface area (Å²) in [5.74, 6) is 0.993. The van der Waals surface area contributed by atoms with Gasteiger partial charge < -0.3 is 14.2 Å². The van der Waals surface area contributed by atoms with Crippen molar-refractivity contribution in [3.8, 4) is 21.9 Å². The number of nitrogens with zero attached hydrogens (tertiary/aromatic N) is 1. The van der Waals surface area contributed by atoms with E-state index in [-0.39, 0.29) is 0 Å². The minimum atomic E-state index is -0.437. The van der Waals surface area contributed by atoms with Crippen LogP contribution in [0.25, 0.3) is 10.4 Å². The highest BCUT2D eigenvalue weighted by atomic mass is 32.1. The van der Waals surface area contributed by atoms with E-state index in [9.17, 15) is 4.79 Å². The van der Waals surface area contributed by atoms with Gasteiger partial charge in [-0.05, 0) is 23.8 Å². The van der Waals surface area contributed by atoms with Crippen molar-refractivity contribution in [1.82, 2.24) is 4.98 Å². The molecule has 5 nitrogen and oxygen atoms in total. The summed E-state index contributed by atoms with van der Waals surface area (Å²) in [4.78, 5) is 16.5. The highest BCUT2D eigenvalue weighted by molar-refractivity contribution is 7.13. The molecule has 0 amide bonds. The van der Waals surface area contributed by atoms with Crippen molar-refractivity contribution in [2.45, 2.75) is 6.42 Å². The van der Waals surface area contributed by atoms with Gasteiger partial charge in [0.1, 0.15) is 0 Å². The van der Waals surface area contributed by atoms with Crippen LogP contribution < -0.4 is 9.47 Å². The number of benzene rings is 1. The van der Waals surface area contributed by atoms with Gasteiger partial charge in [-0.3, -0.25) is 0 Å². The fourth-order valence-electron chi connectivity index (χ4n) is 2.00. The lowest BCUT2D eigenvalue weighted by Gasteiger charge is -2.09. The second-order valence-corrected chi connectivity index (χ2v) is 5.09. The van der Waals surface area contributed by atoms with Gasteiger partial charge in [0.15, 0.2) is 17.2 Å². The maximum absolute atomic E-state index is 11.7. The molecule has 0 saturated carbocycles. The minimum Gasteiger partial charge on any atom is -0.490 e. The van der Waals surface area contributed by atoms with Crippen molar-refractivity contribution in [1.29, 1.82) is 0 Å². The van der Waals surface area contributed by atoms with Crippen LogP contribution >= 0.6 is 11.3 Å². The van der Waals surface area contributed by atoms with Crippen LogP contribution in [0, 0.1) is 0 Å². The Morgan fingerprint density at radius 2 is 2.10 bits per heavy atom. The monoisotopic (exact) mass is 291 g/mol. The molecule has 20 heavy (non-hydrogen) atoms. The maximum atomic E-state index is 11.7. The average Bonchev–Trinajstić information content (AvgIpc) is 2.85. The number of rotatable bonds is 2. The van der Waals surface area contributed by atoms with E-state index in [1.165, 1.54) is 18.4 Å². The van der Waals surface area contributed by atoms with Crippen LogP contribution in [0.3, 0.4) is 0 Å². The number of thiazole rings is 1. The number of methoxy groups -OCH3 is 1. The van der Waals surface area contributed by atoms with Gasteiger partial charge in [0, 0.05) is 6.42 Å². The molecule has 1 aromatic carbocycles. The molecular formula is C14H13NO4S. The zero-order chi connectivity index (χ0) is 13.9. The normalized spacial score (nSPS) is 13.7. The number of carbonyl (C=O) groups is 1. The van der Waals surface area contributed by atoms with Crippen molar-refractivity contribution in [2.75, 3.05) is 20.3 Å². The van der Waals surface area contributed by atoms with E-state index >= 15 is 0 Å². The van der Waals surface area contributed by atoms with Crippen LogP contribution in [-0.4, -0.2) is 31.3 Å². The summed E-state index contributed by atoms with van der Waals surface area (Å²) < 4.78 is 16.0. The van der Waals surface area contributed by atoms with E-state index < -0.39 is 5.97 Å². The highest BCUT2D eigenvalue weighted by Crippen LogP contribution is 2.36. The molecule has 0 fully saturated rings. The molecule has 0 bridgehead atoms. The van der Waals surface area contributed by atoms with Gasteiger partial charge in [-0.25, -0.2) is 9.78 Å². The summed E-state index contributed by atoms with van der Waals surface area (Å²) in [6.07, 6.45) is 0.859. The molecule has 0 radical (unpaired) electrons. The molecule has 0 N–H and O–H groups in total. The van der Waals surface area contributed by atoms with Crippen LogP contribution in [0.4, 0.5) is 0 Å². The summed E-state index contributed by atoms with van der Waals surface area (Å²) in [6.45, 7) is 1.28. The average molecular weight is 291 g/mol. The van der Waals surface area contributed by atoms with Gasteiger partial charge in [-0.2, -0.15) is 0 Å². The first-order chi connectivity index (χ1) is 9.79. The number of hydrogen-bond acceptors (Lipinski definition) is 6. The van der Waals surface area contributed by atoms with Crippen molar-refractivity contribution >= 4 is 17.3 Å². The third-order valence-corrected chi connectivity index (χ3v) is 3.83. The Balaban J connectivity index is 2.01. The van der Waals surface area contributed by atoms with Gasteiger partial charge in [-0.15, -0.1) is 11.3 Å². The fourth-order valence-corrected chi connectivity index (χ4v) is 2.77. The predicted molar refractivity (Wildman–Crippen MR) is 74.5 cm³/mol. The molecule has 0 unspecified atom stereocenters. The lowest BCUT2D eigenvalue weighted by Crippen LogP contribution is -2.03. The predicted octanol–water partition coefficient (Wildman–Crippen LogP) is 2.76. The SMILES string of the molecule is COC(=O)c1ncsc1-c1ccc2c(c1)OCCCO2. The Hall–Kier alpha value is -2.08. The quantitative estimate of drug-likeness (QED) is 0.796. The molecule has 2 heterocycles. The Morgan fingerprint density at radius 3 is 2.90 bits per heavy atom. The molecule has 0 spiro atoms. The van der Waals surface area contributed by atoms with Crippen LogP contribution in [-0.2, 0) is 4.74 Å². The van der Waals surface area contributed by atoms with Gasteiger partial charge in [0.25, 0.3) is 0 Å². The third kappa shape index (κ3) is 2.34. The molecule has 6 heteroatoms. The lowest BCUT2D eigenvalue weighted by molar-refractivity contribution is 0.0596. The molecule has 0 saturated heterocycles. The summed E-state index contributed by atoms with van der Waals surface area (Å²) in [5, 5.41) is 0. The van der Waals surface area contributed by atoms with E-state index in [1.54, 1.807) is 5.51 Å². The second kappa shape index (κ2) is 5.50. The van der Waals surface area contributed by atoms with Gasteiger partial charge >= 0.3 is 5.97 Å². The molecule has 104 valence electrons. The van der Waals surface area contributed by atoms with E-state index in [0.717, 1.165) is 22.6 Å². The largest absolute Gasteiger partial charge is 0.490 e. The Labute approximate surface area is 120 Å². The van der Waals surface area contributed by atoms with Gasteiger partial charge in [0.05, 0.1) is 30.7 Å². The van der Waals surface area contributed by atoms with Crippen molar-refractivity contribution in [3.63, 3.8) is 0 Å². The van der Waals surface area contributed by atoms with Crippen LogP contribution in [0.5, 0.6) is 11.5 Å². The van der Waals surface area contributed by atoms with Crippen LogP contribution in [0.1, 0.15) is 16.9 Å². The molecule has 3 rings (SSSR count). The van der Waals surface area contributed by atoms with Crippen LogP contribution in [0.2, 0.25) is 0 Å². The summed E-state index contributed by atoms with van der Waals surface area (Å²) >= 11 is 1.39. The van der Waals surface area contributed by atoms with E-state index in [4.69, 9.17) is 14.2 Å². The van der Waals surface area contributed by atoms with E-state index in [1.807, 2.05) is 18.2 Å². The minimum absolute atomic E-state index is 0.326. The third-order valence-electron chi connectivity index (χ3n) is 2.96. The van der Waals surface area contributed by atoms with Gasteiger partial charge in [0.2, 0.25) is 0 Å². The Kier molecular flexibility index (Phi) is 3.56. The first-order valence-corrected chi connectivity index (χ1v) is 7.09. The number of aromatic nitrogens is 1. The summed E-state index contributed by atoms with van der Waals surface area (Å²) in [7, 11) is 1.35. The van der Waals surface area contributed by atoms with E-state index in [0.29, 0.717) is 24.7 Å². The molecule has 1 aliphatic rings. The van der Waals surface area contributed by atoms with Crippen molar-refractivity contribution in [2.24, 2.45) is 0 Å². The second-order valence-electron chi connectivity index (χ2n) is 4.23. The molecular weight excluding hydrogens is 278 g/mol. The Morgan fingerprint density at radius 1 is 1.30 bits per heavy atom. The zero-order valence-electron chi connectivity index (χ0n) is 10.9. The molecule has 2 aromatic rings. The maximum Gasteiger partial charge on any atom is 0.358 e. The number of hydrogen-bond donors (Lipinski definition) is 0. The molecule has 1 aromatic heterocycles. The first-order valence-electron chi connectivity index (χ1n) is 6.21.